The Morgan fingerprint density at radius 2 is 2.00 bits per heavy atom. The predicted octanol–water partition coefficient (Wildman–Crippen LogP) is 3.40. The molecule has 1 N–H and O–H groups in total. The summed E-state index contributed by atoms with van der Waals surface area (Å²) in [6, 6.07) is 11.9. The van der Waals surface area contributed by atoms with Gasteiger partial charge in [0.05, 0.1) is 6.04 Å². The number of fused-ring (bicyclic) bond motifs is 1. The molecule has 0 fully saturated rings. The molecule has 2 heteroatoms. The van der Waals surface area contributed by atoms with Crippen LogP contribution in [0.15, 0.2) is 42.7 Å². The zero-order chi connectivity index (χ0) is 13.2. The van der Waals surface area contributed by atoms with Crippen molar-refractivity contribution in [3.05, 3.63) is 65.0 Å². The quantitative estimate of drug-likeness (QED) is 0.886. The molecule has 2 heterocycles. The van der Waals surface area contributed by atoms with Crippen molar-refractivity contribution < 1.29 is 0 Å². The predicted molar refractivity (Wildman–Crippen MR) is 78.2 cm³/mol. The molecule has 98 valence electrons. The van der Waals surface area contributed by atoms with E-state index in [0.29, 0.717) is 12.1 Å². The minimum Gasteiger partial charge on any atom is -0.303 e. The molecule has 2 aromatic rings. The highest BCUT2D eigenvalue weighted by Crippen LogP contribution is 2.31. The van der Waals surface area contributed by atoms with Gasteiger partial charge in [-0.25, -0.2) is 0 Å². The number of aryl methyl sites for hydroxylation is 1. The Balaban J connectivity index is 2.07. The van der Waals surface area contributed by atoms with Crippen LogP contribution in [0, 0.1) is 6.92 Å². The molecule has 0 amide bonds. The molecular weight excluding hydrogens is 232 g/mol. The average Bonchev–Trinajstić information content (AvgIpc) is 2.47. The number of nitrogens with zero attached hydrogens (tertiary/aromatic N) is 1. The number of pyridine rings is 1. The van der Waals surface area contributed by atoms with Crippen molar-refractivity contribution in [2.45, 2.75) is 38.8 Å². The van der Waals surface area contributed by atoms with Crippen LogP contribution >= 0.6 is 0 Å². The SMILES string of the molecule is CCC1Cc2ccc(C)cc2C(c2ccncc2)N1. The molecule has 0 aliphatic carbocycles. The Bertz CT molecular complexity index is 563. The first-order chi connectivity index (χ1) is 9.28. The standard InChI is InChI=1S/C17H20N2/c1-3-15-11-14-5-4-12(2)10-16(14)17(19-15)13-6-8-18-9-7-13/h4-10,15,17,19H,3,11H2,1-2H3. The molecule has 1 aliphatic rings. The maximum Gasteiger partial charge on any atom is 0.0582 e. The minimum absolute atomic E-state index is 0.302. The summed E-state index contributed by atoms with van der Waals surface area (Å²) >= 11 is 0. The number of hydrogen-bond acceptors (Lipinski definition) is 2. The Labute approximate surface area is 114 Å². The fourth-order valence-corrected chi connectivity index (χ4v) is 2.91. The van der Waals surface area contributed by atoms with Crippen LogP contribution in [0.2, 0.25) is 0 Å². The van der Waals surface area contributed by atoms with E-state index in [4.69, 9.17) is 0 Å². The van der Waals surface area contributed by atoms with Gasteiger partial charge >= 0.3 is 0 Å². The number of aromatic nitrogens is 1. The van der Waals surface area contributed by atoms with Gasteiger partial charge in [0.25, 0.3) is 0 Å². The summed E-state index contributed by atoms with van der Waals surface area (Å²) in [6.45, 7) is 4.41. The molecule has 1 aromatic heterocycles. The number of hydrogen-bond donors (Lipinski definition) is 1. The smallest absolute Gasteiger partial charge is 0.0582 e. The van der Waals surface area contributed by atoms with Crippen LogP contribution in [0.1, 0.15) is 41.6 Å². The van der Waals surface area contributed by atoms with E-state index in [1.807, 2.05) is 12.4 Å². The minimum atomic E-state index is 0.302. The Morgan fingerprint density at radius 1 is 1.21 bits per heavy atom. The maximum absolute atomic E-state index is 4.13. The van der Waals surface area contributed by atoms with Crippen molar-refractivity contribution >= 4 is 0 Å². The number of rotatable bonds is 2. The first-order valence-electron chi connectivity index (χ1n) is 7.03. The number of nitrogens with one attached hydrogen (secondary N) is 1. The zero-order valence-corrected chi connectivity index (χ0v) is 11.6. The lowest BCUT2D eigenvalue weighted by Crippen LogP contribution is -2.39. The third-order valence-corrected chi connectivity index (χ3v) is 4.01. The van der Waals surface area contributed by atoms with Crippen molar-refractivity contribution in [1.82, 2.24) is 10.3 Å². The van der Waals surface area contributed by atoms with E-state index in [9.17, 15) is 0 Å². The Kier molecular flexibility index (Phi) is 3.34. The normalized spacial score (nSPS) is 22.0. The molecule has 3 rings (SSSR count). The second-order valence-corrected chi connectivity index (χ2v) is 5.39. The van der Waals surface area contributed by atoms with Gasteiger partial charge in [-0.2, -0.15) is 0 Å². The summed E-state index contributed by atoms with van der Waals surface area (Å²) in [6.07, 6.45) is 6.05. The van der Waals surface area contributed by atoms with Crippen LogP contribution in [0.25, 0.3) is 0 Å². The van der Waals surface area contributed by atoms with E-state index in [0.717, 1.165) is 12.8 Å². The lowest BCUT2D eigenvalue weighted by Gasteiger charge is -2.33. The largest absolute Gasteiger partial charge is 0.303 e. The fraction of sp³-hybridized carbons (Fsp3) is 0.353. The van der Waals surface area contributed by atoms with Gasteiger partial charge in [0.2, 0.25) is 0 Å². The highest BCUT2D eigenvalue weighted by molar-refractivity contribution is 5.41. The van der Waals surface area contributed by atoms with Gasteiger partial charge in [-0.1, -0.05) is 30.7 Å². The highest BCUT2D eigenvalue weighted by atomic mass is 15.0. The van der Waals surface area contributed by atoms with Gasteiger partial charge in [0.1, 0.15) is 0 Å². The monoisotopic (exact) mass is 252 g/mol. The topological polar surface area (TPSA) is 24.9 Å². The van der Waals surface area contributed by atoms with E-state index in [1.165, 1.54) is 22.3 Å². The fourth-order valence-electron chi connectivity index (χ4n) is 2.91. The van der Waals surface area contributed by atoms with Crippen LogP contribution in [-0.2, 0) is 6.42 Å². The average molecular weight is 252 g/mol. The first-order valence-corrected chi connectivity index (χ1v) is 7.03. The van der Waals surface area contributed by atoms with Crippen LogP contribution < -0.4 is 5.32 Å². The first kappa shape index (κ1) is 12.4. The van der Waals surface area contributed by atoms with E-state index in [-0.39, 0.29) is 0 Å². The van der Waals surface area contributed by atoms with Crippen molar-refractivity contribution in [3.8, 4) is 0 Å². The van der Waals surface area contributed by atoms with E-state index >= 15 is 0 Å². The molecule has 0 spiro atoms. The third kappa shape index (κ3) is 2.41. The van der Waals surface area contributed by atoms with Crippen LogP contribution in [0.4, 0.5) is 0 Å². The van der Waals surface area contributed by atoms with Crippen LogP contribution in [0.3, 0.4) is 0 Å². The summed E-state index contributed by atoms with van der Waals surface area (Å²) in [5, 5.41) is 3.78. The summed E-state index contributed by atoms with van der Waals surface area (Å²) < 4.78 is 0. The Morgan fingerprint density at radius 3 is 2.74 bits per heavy atom. The summed E-state index contributed by atoms with van der Waals surface area (Å²) in [4.78, 5) is 4.13. The van der Waals surface area contributed by atoms with Gasteiger partial charge in [0, 0.05) is 18.4 Å². The number of benzene rings is 1. The molecule has 0 saturated heterocycles. The third-order valence-electron chi connectivity index (χ3n) is 4.01. The Hall–Kier alpha value is -1.67. The zero-order valence-electron chi connectivity index (χ0n) is 11.6. The van der Waals surface area contributed by atoms with Gasteiger partial charge in [-0.3, -0.25) is 4.98 Å². The van der Waals surface area contributed by atoms with Crippen LogP contribution in [0.5, 0.6) is 0 Å². The molecule has 0 radical (unpaired) electrons. The molecule has 1 aliphatic heterocycles. The van der Waals surface area contributed by atoms with Gasteiger partial charge in [-0.15, -0.1) is 0 Å². The molecule has 1 aromatic carbocycles. The molecule has 2 atom stereocenters. The van der Waals surface area contributed by atoms with Crippen molar-refractivity contribution in [1.29, 1.82) is 0 Å². The van der Waals surface area contributed by atoms with E-state index in [2.05, 4.69) is 54.5 Å². The molecular formula is C17H20N2. The van der Waals surface area contributed by atoms with Crippen molar-refractivity contribution in [2.75, 3.05) is 0 Å². The lowest BCUT2D eigenvalue weighted by atomic mass is 9.85. The van der Waals surface area contributed by atoms with Crippen molar-refractivity contribution in [3.63, 3.8) is 0 Å². The van der Waals surface area contributed by atoms with E-state index in [1.54, 1.807) is 0 Å². The maximum atomic E-state index is 4.13. The molecule has 2 unspecified atom stereocenters. The van der Waals surface area contributed by atoms with Gasteiger partial charge in [-0.05, 0) is 48.6 Å². The second kappa shape index (κ2) is 5.14. The van der Waals surface area contributed by atoms with Crippen molar-refractivity contribution in [2.24, 2.45) is 0 Å². The summed E-state index contributed by atoms with van der Waals surface area (Å²) in [5.41, 5.74) is 5.54. The van der Waals surface area contributed by atoms with Gasteiger partial charge < -0.3 is 5.32 Å². The molecule has 0 saturated carbocycles. The van der Waals surface area contributed by atoms with Crippen LogP contribution in [-0.4, -0.2) is 11.0 Å². The molecule has 2 nitrogen and oxygen atoms in total. The molecule has 0 bridgehead atoms. The molecule has 19 heavy (non-hydrogen) atoms. The van der Waals surface area contributed by atoms with Gasteiger partial charge in [0.15, 0.2) is 0 Å². The second-order valence-electron chi connectivity index (χ2n) is 5.39. The highest BCUT2D eigenvalue weighted by Gasteiger charge is 2.26. The summed E-state index contributed by atoms with van der Waals surface area (Å²) in [7, 11) is 0. The summed E-state index contributed by atoms with van der Waals surface area (Å²) in [5.74, 6) is 0. The lowest BCUT2D eigenvalue weighted by molar-refractivity contribution is 0.427. The van der Waals surface area contributed by atoms with E-state index < -0.39 is 0 Å².